The average molecular weight is 390 g/mol. The molecule has 0 saturated heterocycles. The van der Waals surface area contributed by atoms with Gasteiger partial charge in [0.2, 0.25) is 11.8 Å². The molecule has 2 aromatic rings. The lowest BCUT2D eigenvalue weighted by molar-refractivity contribution is -0.127. The number of benzene rings is 2. The highest BCUT2D eigenvalue weighted by atomic mass is 35.5. The predicted octanol–water partition coefficient (Wildman–Crippen LogP) is 2.61. The molecule has 146 valence electrons. The summed E-state index contributed by atoms with van der Waals surface area (Å²) in [5.41, 5.74) is 7.95. The second-order valence-corrected chi connectivity index (χ2v) is 6.71. The molecule has 0 radical (unpaired) electrons. The number of hydrogen-bond donors (Lipinski definition) is 3. The van der Waals surface area contributed by atoms with Gasteiger partial charge in [0.05, 0.1) is 18.6 Å². The second kappa shape index (κ2) is 11.4. The van der Waals surface area contributed by atoms with Crippen molar-refractivity contribution in [2.24, 2.45) is 11.7 Å². The Morgan fingerprint density at radius 3 is 2.07 bits per heavy atom. The molecule has 27 heavy (non-hydrogen) atoms. The van der Waals surface area contributed by atoms with Crippen molar-refractivity contribution in [3.05, 3.63) is 71.8 Å². The summed E-state index contributed by atoms with van der Waals surface area (Å²) in [5.74, 6) is -0.526. The molecule has 0 aliphatic rings. The second-order valence-electron chi connectivity index (χ2n) is 6.71. The van der Waals surface area contributed by atoms with Crippen LogP contribution in [-0.2, 0) is 16.0 Å². The van der Waals surface area contributed by atoms with Crippen molar-refractivity contribution in [3.8, 4) is 0 Å². The molecule has 0 aliphatic heterocycles. The van der Waals surface area contributed by atoms with Gasteiger partial charge in [-0.2, -0.15) is 0 Å². The summed E-state index contributed by atoms with van der Waals surface area (Å²) in [4.78, 5) is 24.3. The van der Waals surface area contributed by atoms with Gasteiger partial charge in [-0.15, -0.1) is 12.4 Å². The zero-order valence-electron chi connectivity index (χ0n) is 15.7. The lowest BCUT2D eigenvalue weighted by Gasteiger charge is -2.20. The van der Waals surface area contributed by atoms with E-state index < -0.39 is 6.04 Å². The fraction of sp³-hybridized carbons (Fsp3) is 0.333. The Balaban J connectivity index is 0.00000364. The number of carbonyl (C=O) groups excluding carboxylic acids is 2. The van der Waals surface area contributed by atoms with Crippen LogP contribution in [0.2, 0.25) is 0 Å². The van der Waals surface area contributed by atoms with E-state index in [0.29, 0.717) is 6.42 Å². The summed E-state index contributed by atoms with van der Waals surface area (Å²) in [6.45, 7) is 3.66. The normalized spacial score (nSPS) is 12.6. The van der Waals surface area contributed by atoms with E-state index in [2.05, 4.69) is 10.6 Å². The molecule has 0 spiro atoms. The smallest absolute Gasteiger partial charge is 0.239 e. The minimum absolute atomic E-state index is 0. The molecule has 1 unspecified atom stereocenters. The topological polar surface area (TPSA) is 84.2 Å². The third-order valence-corrected chi connectivity index (χ3v) is 4.26. The molecule has 0 aliphatic carbocycles. The first-order valence-electron chi connectivity index (χ1n) is 8.89. The van der Waals surface area contributed by atoms with E-state index >= 15 is 0 Å². The Kier molecular flexibility index (Phi) is 9.54. The molecule has 6 heteroatoms. The maximum absolute atomic E-state index is 12.3. The van der Waals surface area contributed by atoms with Crippen LogP contribution in [0.4, 0.5) is 0 Å². The Hall–Kier alpha value is -2.37. The summed E-state index contributed by atoms with van der Waals surface area (Å²) in [7, 11) is 0. The molecule has 0 bridgehead atoms. The summed E-state index contributed by atoms with van der Waals surface area (Å²) in [6, 6.07) is 19.0. The standard InChI is InChI=1S/C21H27N3O2.ClH/c1-15(2)20(22)21(26)23-14-19(25)24-18(17-11-7-4-8-12-17)13-16-9-5-3-6-10-16;/h3-12,15,18,20H,13-14,22H2,1-2H3,(H,23,26)(H,24,25);1H/t18?,20-;/m0./s1. The number of carbonyl (C=O) groups is 2. The van der Waals surface area contributed by atoms with Gasteiger partial charge >= 0.3 is 0 Å². The highest BCUT2D eigenvalue weighted by Gasteiger charge is 2.19. The van der Waals surface area contributed by atoms with E-state index in [-0.39, 0.29) is 42.7 Å². The Morgan fingerprint density at radius 2 is 1.52 bits per heavy atom. The van der Waals surface area contributed by atoms with E-state index in [0.717, 1.165) is 11.1 Å². The van der Waals surface area contributed by atoms with Crippen molar-refractivity contribution >= 4 is 24.2 Å². The Morgan fingerprint density at radius 1 is 0.963 bits per heavy atom. The fourth-order valence-electron chi connectivity index (χ4n) is 2.62. The third kappa shape index (κ3) is 7.41. The first-order valence-corrected chi connectivity index (χ1v) is 8.89. The summed E-state index contributed by atoms with van der Waals surface area (Å²) < 4.78 is 0. The van der Waals surface area contributed by atoms with Crippen LogP contribution in [0, 0.1) is 5.92 Å². The molecule has 0 saturated carbocycles. The highest BCUT2D eigenvalue weighted by Crippen LogP contribution is 2.18. The number of hydrogen-bond acceptors (Lipinski definition) is 3. The number of rotatable bonds is 8. The number of nitrogens with two attached hydrogens (primary N) is 1. The molecule has 5 nitrogen and oxygen atoms in total. The molecule has 2 amide bonds. The third-order valence-electron chi connectivity index (χ3n) is 4.26. The van der Waals surface area contributed by atoms with E-state index in [1.165, 1.54) is 0 Å². The maximum Gasteiger partial charge on any atom is 0.239 e. The Labute approximate surface area is 167 Å². The zero-order valence-corrected chi connectivity index (χ0v) is 16.5. The molecule has 4 N–H and O–H groups in total. The van der Waals surface area contributed by atoms with Gasteiger partial charge in [-0.1, -0.05) is 74.5 Å². The number of amides is 2. The molecule has 2 atom stereocenters. The van der Waals surface area contributed by atoms with E-state index in [9.17, 15) is 9.59 Å². The van der Waals surface area contributed by atoms with Gasteiger partial charge < -0.3 is 16.4 Å². The molecule has 0 fully saturated rings. The lowest BCUT2D eigenvalue weighted by Crippen LogP contribution is -2.47. The SMILES string of the molecule is CC(C)[C@H](N)C(=O)NCC(=O)NC(Cc1ccccc1)c1ccccc1.Cl. The molecule has 0 aromatic heterocycles. The number of halogens is 1. The highest BCUT2D eigenvalue weighted by molar-refractivity contribution is 5.87. The lowest BCUT2D eigenvalue weighted by atomic mass is 9.99. The minimum Gasteiger partial charge on any atom is -0.347 e. The van der Waals surface area contributed by atoms with Crippen LogP contribution in [-0.4, -0.2) is 24.4 Å². The van der Waals surface area contributed by atoms with Crippen LogP contribution in [0.15, 0.2) is 60.7 Å². The van der Waals surface area contributed by atoms with Crippen LogP contribution in [0.25, 0.3) is 0 Å². The van der Waals surface area contributed by atoms with Gasteiger partial charge in [0.1, 0.15) is 0 Å². The van der Waals surface area contributed by atoms with Gasteiger partial charge in [-0.3, -0.25) is 9.59 Å². The van der Waals surface area contributed by atoms with Gasteiger partial charge in [-0.05, 0) is 23.5 Å². The Bertz CT molecular complexity index is 708. The van der Waals surface area contributed by atoms with Crippen molar-refractivity contribution in [3.63, 3.8) is 0 Å². The predicted molar refractivity (Wildman–Crippen MR) is 111 cm³/mol. The minimum atomic E-state index is -0.614. The van der Waals surface area contributed by atoms with Crippen LogP contribution in [0.5, 0.6) is 0 Å². The molecular weight excluding hydrogens is 362 g/mol. The van der Waals surface area contributed by atoms with Crippen molar-refractivity contribution < 1.29 is 9.59 Å². The van der Waals surface area contributed by atoms with Crippen LogP contribution < -0.4 is 16.4 Å². The first kappa shape index (κ1) is 22.7. The quantitative estimate of drug-likeness (QED) is 0.648. The van der Waals surface area contributed by atoms with Crippen molar-refractivity contribution in [1.29, 1.82) is 0 Å². The van der Waals surface area contributed by atoms with E-state index in [4.69, 9.17) is 5.73 Å². The van der Waals surface area contributed by atoms with Gasteiger partial charge in [0, 0.05) is 0 Å². The van der Waals surface area contributed by atoms with Crippen molar-refractivity contribution in [2.45, 2.75) is 32.4 Å². The van der Waals surface area contributed by atoms with Crippen molar-refractivity contribution in [1.82, 2.24) is 10.6 Å². The maximum atomic E-state index is 12.3. The van der Waals surface area contributed by atoms with Gasteiger partial charge in [0.15, 0.2) is 0 Å². The number of nitrogens with one attached hydrogen (secondary N) is 2. The summed E-state index contributed by atoms with van der Waals surface area (Å²) in [5, 5.41) is 5.62. The van der Waals surface area contributed by atoms with E-state index in [1.54, 1.807) is 0 Å². The largest absolute Gasteiger partial charge is 0.347 e. The zero-order chi connectivity index (χ0) is 18.9. The van der Waals surface area contributed by atoms with Crippen LogP contribution >= 0.6 is 12.4 Å². The summed E-state index contributed by atoms with van der Waals surface area (Å²) >= 11 is 0. The molecule has 0 heterocycles. The molecule has 2 rings (SSSR count). The first-order chi connectivity index (χ1) is 12.5. The summed E-state index contributed by atoms with van der Waals surface area (Å²) in [6.07, 6.45) is 0.677. The monoisotopic (exact) mass is 389 g/mol. The van der Waals surface area contributed by atoms with Crippen molar-refractivity contribution in [2.75, 3.05) is 6.54 Å². The van der Waals surface area contributed by atoms with Gasteiger partial charge in [-0.25, -0.2) is 0 Å². The molecule has 2 aromatic carbocycles. The fourth-order valence-corrected chi connectivity index (χ4v) is 2.62. The van der Waals surface area contributed by atoms with E-state index in [1.807, 2.05) is 74.5 Å². The van der Waals surface area contributed by atoms with Gasteiger partial charge in [0.25, 0.3) is 0 Å². The van der Waals surface area contributed by atoms with Crippen LogP contribution in [0.1, 0.15) is 31.0 Å². The molecular formula is C21H28ClN3O2. The van der Waals surface area contributed by atoms with Crippen LogP contribution in [0.3, 0.4) is 0 Å². The average Bonchev–Trinajstić information content (AvgIpc) is 2.66.